The number of hydrogen-bond acceptors (Lipinski definition) is 5. The number of amides is 1. The zero-order valence-electron chi connectivity index (χ0n) is 9.70. The SMILES string of the molecule is C=CCOC(=O)N[C@@H](CCC(O)C=[N+]=N)C(=O)O. The smallest absolute Gasteiger partial charge is 0.408 e. The highest BCUT2D eigenvalue weighted by atomic mass is 16.5. The van der Waals surface area contributed by atoms with Crippen LogP contribution in [0.2, 0.25) is 0 Å². The van der Waals surface area contributed by atoms with Crippen molar-refractivity contribution >= 4 is 18.3 Å². The lowest BCUT2D eigenvalue weighted by Crippen LogP contribution is -2.41. The Bertz CT molecular complexity index is 351. The third-order valence-electron chi connectivity index (χ3n) is 1.92. The normalized spacial score (nSPS) is 12.7. The Morgan fingerprint density at radius 3 is 2.67 bits per heavy atom. The number of carboxylic acid groups (broad SMARTS) is 1. The molecule has 0 rings (SSSR count). The minimum Gasteiger partial charge on any atom is -0.480 e. The molecule has 100 valence electrons. The number of carbonyl (C=O) groups excluding carboxylic acids is 1. The number of aliphatic hydroxyl groups excluding tert-OH is 1. The lowest BCUT2D eigenvalue weighted by atomic mass is 10.1. The third-order valence-corrected chi connectivity index (χ3v) is 1.92. The van der Waals surface area contributed by atoms with Gasteiger partial charge in [-0.05, 0) is 12.8 Å². The molecule has 2 atom stereocenters. The molecule has 0 heterocycles. The Labute approximate surface area is 103 Å². The molecule has 18 heavy (non-hydrogen) atoms. The third kappa shape index (κ3) is 7.15. The molecule has 0 aromatic carbocycles. The van der Waals surface area contributed by atoms with Crippen LogP contribution < -0.4 is 5.32 Å². The highest BCUT2D eigenvalue weighted by molar-refractivity contribution is 5.79. The van der Waals surface area contributed by atoms with Crippen LogP contribution in [0.3, 0.4) is 0 Å². The van der Waals surface area contributed by atoms with E-state index in [1.807, 2.05) is 0 Å². The standard InChI is InChI=1S/C10H15N3O5/c1-2-5-18-10(17)13-8(9(15)16)4-3-7(14)6-12-11/h2,6-8,11,14H,1,3-5H2,(H-,13,15,16,17)/p+1/t7?,8-/m0/s1. The van der Waals surface area contributed by atoms with Crippen LogP contribution in [0.4, 0.5) is 4.79 Å². The molecule has 0 fully saturated rings. The Balaban J connectivity index is 4.22. The summed E-state index contributed by atoms with van der Waals surface area (Å²) in [6.07, 6.45) is 0.479. The molecule has 8 heteroatoms. The number of nitrogens with zero attached hydrogens (tertiary/aromatic N) is 1. The van der Waals surface area contributed by atoms with Gasteiger partial charge in [-0.15, -0.1) is 0 Å². The molecule has 1 unspecified atom stereocenters. The first-order valence-corrected chi connectivity index (χ1v) is 5.16. The number of rotatable bonds is 8. The number of aliphatic carboxylic acids is 1. The van der Waals surface area contributed by atoms with E-state index in [1.165, 1.54) is 6.08 Å². The van der Waals surface area contributed by atoms with Crippen LogP contribution in [-0.2, 0) is 9.53 Å². The van der Waals surface area contributed by atoms with Gasteiger partial charge in [-0.2, -0.15) is 0 Å². The summed E-state index contributed by atoms with van der Waals surface area (Å²) in [7, 11) is 0. The van der Waals surface area contributed by atoms with Gasteiger partial charge in [-0.25, -0.2) is 9.59 Å². The van der Waals surface area contributed by atoms with Crippen LogP contribution in [-0.4, -0.2) is 52.0 Å². The summed E-state index contributed by atoms with van der Waals surface area (Å²) in [4.78, 5) is 24.8. The molecule has 0 aromatic heterocycles. The van der Waals surface area contributed by atoms with Crippen LogP contribution in [0.5, 0.6) is 0 Å². The Morgan fingerprint density at radius 2 is 2.17 bits per heavy atom. The van der Waals surface area contributed by atoms with Gasteiger partial charge in [0.15, 0.2) is 6.10 Å². The molecule has 4 N–H and O–H groups in total. The molecule has 1 amide bonds. The minimum absolute atomic E-state index is 0.00822. The number of ether oxygens (including phenoxy) is 1. The summed E-state index contributed by atoms with van der Waals surface area (Å²) in [6, 6.07) is -1.17. The molecule has 0 bridgehead atoms. The van der Waals surface area contributed by atoms with Crippen molar-refractivity contribution in [1.82, 2.24) is 5.32 Å². The molecule has 8 nitrogen and oxygen atoms in total. The van der Waals surface area contributed by atoms with Crippen molar-refractivity contribution in [2.45, 2.75) is 25.0 Å². The van der Waals surface area contributed by atoms with Gasteiger partial charge in [0.2, 0.25) is 0 Å². The van der Waals surface area contributed by atoms with Crippen LogP contribution in [0, 0.1) is 5.53 Å². The van der Waals surface area contributed by atoms with Gasteiger partial charge in [0.1, 0.15) is 12.6 Å². The number of carboxylic acids is 1. The second-order valence-electron chi connectivity index (χ2n) is 3.35. The predicted molar refractivity (Wildman–Crippen MR) is 60.4 cm³/mol. The van der Waals surface area contributed by atoms with Crippen LogP contribution in [0.25, 0.3) is 0 Å². The molecule has 0 aliphatic heterocycles. The monoisotopic (exact) mass is 258 g/mol. The fourth-order valence-corrected chi connectivity index (χ4v) is 1.07. The van der Waals surface area contributed by atoms with Crippen molar-refractivity contribution in [3.8, 4) is 0 Å². The molecule has 0 aliphatic carbocycles. The summed E-state index contributed by atoms with van der Waals surface area (Å²) < 4.78 is 4.58. The maximum atomic E-state index is 11.1. The van der Waals surface area contributed by atoms with E-state index < -0.39 is 24.2 Å². The minimum atomic E-state index is -1.24. The van der Waals surface area contributed by atoms with Crippen LogP contribution in [0.15, 0.2) is 12.7 Å². The van der Waals surface area contributed by atoms with E-state index in [-0.39, 0.29) is 19.4 Å². The van der Waals surface area contributed by atoms with E-state index in [2.05, 4.69) is 21.4 Å². The van der Waals surface area contributed by atoms with Crippen molar-refractivity contribution in [3.63, 3.8) is 0 Å². The maximum Gasteiger partial charge on any atom is 0.408 e. The van der Waals surface area contributed by atoms with Crippen molar-refractivity contribution in [2.24, 2.45) is 0 Å². The number of aliphatic hydroxyl groups is 1. The van der Waals surface area contributed by atoms with E-state index in [0.717, 1.165) is 6.21 Å². The zero-order valence-corrected chi connectivity index (χ0v) is 9.70. The predicted octanol–water partition coefficient (Wildman–Crippen LogP) is -0.197. The summed E-state index contributed by atoms with van der Waals surface area (Å²) >= 11 is 0. The Kier molecular flexibility index (Phi) is 7.83. The van der Waals surface area contributed by atoms with Gasteiger partial charge in [-0.3, -0.25) is 0 Å². The van der Waals surface area contributed by atoms with Crippen molar-refractivity contribution in [3.05, 3.63) is 12.7 Å². The first-order valence-electron chi connectivity index (χ1n) is 5.16. The second kappa shape index (κ2) is 8.91. The lowest BCUT2D eigenvalue weighted by molar-refractivity contribution is -0.139. The van der Waals surface area contributed by atoms with Crippen LogP contribution in [0.1, 0.15) is 12.8 Å². The molecule has 0 aromatic rings. The quantitative estimate of drug-likeness (QED) is 0.207. The lowest BCUT2D eigenvalue weighted by Gasteiger charge is -2.14. The number of carbonyl (C=O) groups is 2. The molecular formula is C10H16N3O5+. The Hall–Kier alpha value is -2.18. The summed E-state index contributed by atoms with van der Waals surface area (Å²) in [6.45, 7) is 3.32. The van der Waals surface area contributed by atoms with Gasteiger partial charge < -0.3 is 20.3 Å². The van der Waals surface area contributed by atoms with Gasteiger partial charge >= 0.3 is 18.3 Å². The van der Waals surface area contributed by atoms with Crippen molar-refractivity contribution in [2.75, 3.05) is 6.61 Å². The first kappa shape index (κ1) is 15.8. The van der Waals surface area contributed by atoms with Gasteiger partial charge in [0.05, 0.1) is 5.53 Å². The summed E-state index contributed by atoms with van der Waals surface area (Å²) in [5, 5.41) is 20.2. The average molecular weight is 258 g/mol. The van der Waals surface area contributed by atoms with E-state index in [4.69, 9.17) is 10.6 Å². The highest BCUT2D eigenvalue weighted by Gasteiger charge is 2.22. The van der Waals surface area contributed by atoms with E-state index in [9.17, 15) is 14.7 Å². The van der Waals surface area contributed by atoms with Gasteiger partial charge in [-0.1, -0.05) is 12.7 Å². The number of nitrogens with one attached hydrogen (secondary N) is 2. The molecule has 0 saturated heterocycles. The fraction of sp³-hybridized carbons (Fsp3) is 0.500. The average Bonchev–Trinajstić information content (AvgIpc) is 2.31. The molecule has 0 saturated carbocycles. The second-order valence-corrected chi connectivity index (χ2v) is 3.35. The van der Waals surface area contributed by atoms with Crippen LogP contribution >= 0.6 is 0 Å². The molecule has 0 aliphatic rings. The summed E-state index contributed by atoms with van der Waals surface area (Å²) in [5.41, 5.74) is 6.49. The number of hydrogen-bond donors (Lipinski definition) is 4. The largest absolute Gasteiger partial charge is 0.480 e. The Morgan fingerprint density at radius 1 is 1.50 bits per heavy atom. The molecule has 0 spiro atoms. The topological polar surface area (TPSA) is 134 Å². The van der Waals surface area contributed by atoms with Crippen molar-refractivity contribution in [1.29, 1.82) is 5.53 Å². The van der Waals surface area contributed by atoms with Gasteiger partial charge in [0.25, 0.3) is 0 Å². The first-order chi connectivity index (χ1) is 8.51. The summed E-state index contributed by atoms with van der Waals surface area (Å²) in [5.74, 6) is -1.24. The molecular weight excluding hydrogens is 242 g/mol. The van der Waals surface area contributed by atoms with E-state index in [1.54, 1.807) is 0 Å². The van der Waals surface area contributed by atoms with Crippen molar-refractivity contribution < 1.29 is 29.3 Å². The highest BCUT2D eigenvalue weighted by Crippen LogP contribution is 2.01. The maximum absolute atomic E-state index is 11.1. The van der Waals surface area contributed by atoms with E-state index >= 15 is 0 Å². The van der Waals surface area contributed by atoms with Gasteiger partial charge in [0, 0.05) is 4.79 Å². The van der Waals surface area contributed by atoms with E-state index in [0.29, 0.717) is 0 Å². The number of alkyl carbamates (subject to hydrolysis) is 1. The fourth-order valence-electron chi connectivity index (χ4n) is 1.07. The zero-order chi connectivity index (χ0) is 14.0. The molecule has 0 radical (unpaired) electrons.